The monoisotopic (exact) mass is 270 g/mol. The predicted octanol–water partition coefficient (Wildman–Crippen LogP) is 3.89. The van der Waals surface area contributed by atoms with Crippen LogP contribution in [-0.2, 0) is 14.3 Å². The molecule has 1 aliphatic heterocycles. The molecule has 0 bridgehead atoms. The summed E-state index contributed by atoms with van der Waals surface area (Å²) in [5.74, 6) is 0.284. The van der Waals surface area contributed by atoms with Gasteiger partial charge in [0, 0.05) is 39.6 Å². The van der Waals surface area contributed by atoms with E-state index >= 15 is 0 Å². The van der Waals surface area contributed by atoms with Crippen LogP contribution in [0.4, 0.5) is 0 Å². The van der Waals surface area contributed by atoms with Crippen LogP contribution in [0.1, 0.15) is 71.1 Å². The molecule has 0 spiro atoms. The SMILES string of the molecule is CCCCCCCCCC(=O)C1(OC)CCOCC1. The first kappa shape index (κ1) is 16.6. The summed E-state index contributed by atoms with van der Waals surface area (Å²) in [5.41, 5.74) is -0.541. The van der Waals surface area contributed by atoms with E-state index in [1.54, 1.807) is 7.11 Å². The number of carbonyl (C=O) groups is 1. The van der Waals surface area contributed by atoms with E-state index in [-0.39, 0.29) is 5.78 Å². The maximum Gasteiger partial charge on any atom is 0.164 e. The lowest BCUT2D eigenvalue weighted by Gasteiger charge is -2.34. The van der Waals surface area contributed by atoms with Gasteiger partial charge in [-0.2, -0.15) is 0 Å². The molecule has 0 aromatic heterocycles. The topological polar surface area (TPSA) is 35.5 Å². The van der Waals surface area contributed by atoms with Crippen LogP contribution in [0.3, 0.4) is 0 Å². The van der Waals surface area contributed by atoms with Crippen LogP contribution < -0.4 is 0 Å². The summed E-state index contributed by atoms with van der Waals surface area (Å²) >= 11 is 0. The van der Waals surface area contributed by atoms with Gasteiger partial charge in [0.2, 0.25) is 0 Å². The molecule has 3 heteroatoms. The van der Waals surface area contributed by atoms with Crippen LogP contribution in [0.15, 0.2) is 0 Å². The Labute approximate surface area is 118 Å². The van der Waals surface area contributed by atoms with Gasteiger partial charge in [0.25, 0.3) is 0 Å². The van der Waals surface area contributed by atoms with Gasteiger partial charge in [-0.05, 0) is 6.42 Å². The second-order valence-electron chi connectivity index (χ2n) is 5.61. The highest BCUT2D eigenvalue weighted by atomic mass is 16.5. The summed E-state index contributed by atoms with van der Waals surface area (Å²) in [7, 11) is 1.66. The predicted molar refractivity (Wildman–Crippen MR) is 77.4 cm³/mol. The van der Waals surface area contributed by atoms with Crippen molar-refractivity contribution in [1.29, 1.82) is 0 Å². The average Bonchev–Trinajstić information content (AvgIpc) is 2.46. The van der Waals surface area contributed by atoms with Crippen molar-refractivity contribution in [2.24, 2.45) is 0 Å². The van der Waals surface area contributed by atoms with Crippen molar-refractivity contribution >= 4 is 5.78 Å². The van der Waals surface area contributed by atoms with E-state index in [0.717, 1.165) is 19.3 Å². The van der Waals surface area contributed by atoms with Crippen LogP contribution in [-0.4, -0.2) is 31.7 Å². The van der Waals surface area contributed by atoms with Crippen LogP contribution in [0, 0.1) is 0 Å². The molecule has 0 N–H and O–H groups in total. The van der Waals surface area contributed by atoms with Gasteiger partial charge in [0.15, 0.2) is 5.78 Å². The lowest BCUT2D eigenvalue weighted by Crippen LogP contribution is -2.45. The molecule has 0 amide bonds. The zero-order valence-corrected chi connectivity index (χ0v) is 12.7. The van der Waals surface area contributed by atoms with Gasteiger partial charge in [0.1, 0.15) is 5.60 Å². The van der Waals surface area contributed by atoms with Gasteiger partial charge >= 0.3 is 0 Å². The summed E-state index contributed by atoms with van der Waals surface area (Å²) in [6, 6.07) is 0. The lowest BCUT2D eigenvalue weighted by atomic mass is 9.86. The Morgan fingerprint density at radius 2 is 1.63 bits per heavy atom. The minimum Gasteiger partial charge on any atom is -0.381 e. The van der Waals surface area contributed by atoms with Crippen molar-refractivity contribution < 1.29 is 14.3 Å². The van der Waals surface area contributed by atoms with Crippen molar-refractivity contribution in [3.8, 4) is 0 Å². The Balaban J connectivity index is 2.15. The molecule has 0 radical (unpaired) electrons. The number of methoxy groups -OCH3 is 1. The van der Waals surface area contributed by atoms with E-state index in [9.17, 15) is 4.79 Å². The fourth-order valence-corrected chi connectivity index (χ4v) is 2.77. The second kappa shape index (κ2) is 9.49. The van der Waals surface area contributed by atoms with Crippen molar-refractivity contribution in [2.45, 2.75) is 76.7 Å². The summed E-state index contributed by atoms with van der Waals surface area (Å²) in [4.78, 5) is 12.3. The molecule has 0 unspecified atom stereocenters. The van der Waals surface area contributed by atoms with Gasteiger partial charge < -0.3 is 9.47 Å². The molecule has 1 heterocycles. The zero-order valence-electron chi connectivity index (χ0n) is 12.7. The van der Waals surface area contributed by atoms with Crippen LogP contribution in [0.25, 0.3) is 0 Å². The third-order valence-electron chi connectivity index (χ3n) is 4.21. The van der Waals surface area contributed by atoms with Crippen LogP contribution >= 0.6 is 0 Å². The minimum absolute atomic E-state index is 0.284. The molecule has 3 nitrogen and oxygen atoms in total. The molecule has 112 valence electrons. The Morgan fingerprint density at radius 3 is 2.21 bits per heavy atom. The summed E-state index contributed by atoms with van der Waals surface area (Å²) < 4.78 is 10.8. The quantitative estimate of drug-likeness (QED) is 0.565. The number of unbranched alkanes of at least 4 members (excludes halogenated alkanes) is 6. The van der Waals surface area contributed by atoms with Gasteiger partial charge in [-0.25, -0.2) is 0 Å². The number of Topliss-reactive ketones (excluding diaryl/α,β-unsaturated/α-hetero) is 1. The molecule has 1 fully saturated rings. The molecule has 1 saturated heterocycles. The first-order valence-electron chi connectivity index (χ1n) is 7.91. The van der Waals surface area contributed by atoms with E-state index in [4.69, 9.17) is 9.47 Å². The smallest absolute Gasteiger partial charge is 0.164 e. The normalized spacial score (nSPS) is 18.4. The van der Waals surface area contributed by atoms with E-state index in [2.05, 4.69) is 6.92 Å². The molecular weight excluding hydrogens is 240 g/mol. The van der Waals surface area contributed by atoms with Gasteiger partial charge in [-0.1, -0.05) is 45.4 Å². The van der Waals surface area contributed by atoms with Gasteiger partial charge in [0.05, 0.1) is 0 Å². The maximum atomic E-state index is 12.3. The highest BCUT2D eigenvalue weighted by Gasteiger charge is 2.39. The third kappa shape index (κ3) is 5.62. The van der Waals surface area contributed by atoms with E-state index in [1.165, 1.54) is 38.5 Å². The molecule has 0 aromatic carbocycles. The summed E-state index contributed by atoms with van der Waals surface area (Å²) in [6.45, 7) is 3.53. The van der Waals surface area contributed by atoms with Gasteiger partial charge in [-0.15, -0.1) is 0 Å². The number of hydrogen-bond donors (Lipinski definition) is 0. The second-order valence-corrected chi connectivity index (χ2v) is 5.61. The number of ether oxygens (including phenoxy) is 2. The van der Waals surface area contributed by atoms with Crippen molar-refractivity contribution in [3.63, 3.8) is 0 Å². The molecule has 1 aliphatic rings. The molecule has 0 aromatic rings. The Bertz CT molecular complexity index is 244. The number of hydrogen-bond acceptors (Lipinski definition) is 3. The number of rotatable bonds is 10. The minimum atomic E-state index is -0.541. The highest BCUT2D eigenvalue weighted by Crippen LogP contribution is 2.27. The Hall–Kier alpha value is -0.410. The molecule has 0 saturated carbocycles. The van der Waals surface area contributed by atoms with E-state index in [1.807, 2.05) is 0 Å². The molecule has 19 heavy (non-hydrogen) atoms. The van der Waals surface area contributed by atoms with Crippen LogP contribution in [0.5, 0.6) is 0 Å². The number of carbonyl (C=O) groups excluding carboxylic acids is 1. The zero-order chi connectivity index (χ0) is 14.0. The standard InChI is InChI=1S/C16H30O3/c1-3-4-5-6-7-8-9-10-15(17)16(18-2)11-13-19-14-12-16/h3-14H2,1-2H3. The largest absolute Gasteiger partial charge is 0.381 e. The first-order valence-corrected chi connectivity index (χ1v) is 7.91. The lowest BCUT2D eigenvalue weighted by molar-refractivity contribution is -0.152. The molecular formula is C16H30O3. The van der Waals surface area contributed by atoms with E-state index in [0.29, 0.717) is 19.6 Å². The van der Waals surface area contributed by atoms with Crippen molar-refractivity contribution in [2.75, 3.05) is 20.3 Å². The fourth-order valence-electron chi connectivity index (χ4n) is 2.77. The fraction of sp³-hybridized carbons (Fsp3) is 0.938. The summed E-state index contributed by atoms with van der Waals surface area (Å²) in [6.07, 6.45) is 10.8. The molecule has 0 aliphatic carbocycles. The first-order chi connectivity index (χ1) is 9.25. The third-order valence-corrected chi connectivity index (χ3v) is 4.21. The molecule has 0 atom stereocenters. The van der Waals surface area contributed by atoms with Crippen LogP contribution in [0.2, 0.25) is 0 Å². The maximum absolute atomic E-state index is 12.3. The van der Waals surface area contributed by atoms with Crippen molar-refractivity contribution in [3.05, 3.63) is 0 Å². The Morgan fingerprint density at radius 1 is 1.05 bits per heavy atom. The summed E-state index contributed by atoms with van der Waals surface area (Å²) in [5, 5.41) is 0. The highest BCUT2D eigenvalue weighted by molar-refractivity contribution is 5.87. The van der Waals surface area contributed by atoms with Gasteiger partial charge in [-0.3, -0.25) is 4.79 Å². The van der Waals surface area contributed by atoms with Crippen molar-refractivity contribution in [1.82, 2.24) is 0 Å². The Kier molecular flexibility index (Phi) is 8.31. The average molecular weight is 270 g/mol. The number of ketones is 1. The van der Waals surface area contributed by atoms with E-state index < -0.39 is 5.60 Å². The molecule has 1 rings (SSSR count).